The predicted octanol–water partition coefficient (Wildman–Crippen LogP) is 10.4. The lowest BCUT2D eigenvalue weighted by Gasteiger charge is -2.19. The Bertz CT molecular complexity index is 2500. The van der Waals surface area contributed by atoms with Gasteiger partial charge in [-0.3, -0.25) is 15.0 Å². The van der Waals surface area contributed by atoms with Gasteiger partial charge in [-0.15, -0.1) is 0 Å². The molecule has 0 saturated heterocycles. The third-order valence-corrected chi connectivity index (χ3v) is 8.51. The van der Waals surface area contributed by atoms with Crippen molar-refractivity contribution in [3.63, 3.8) is 0 Å². The van der Waals surface area contributed by atoms with Gasteiger partial charge in [-0.05, 0) is 73.1 Å². The van der Waals surface area contributed by atoms with E-state index in [0.29, 0.717) is 11.3 Å². The van der Waals surface area contributed by atoms with Crippen LogP contribution in [0.4, 0.5) is 5.69 Å². The first-order valence-electron chi connectivity index (χ1n) is 14.8. The van der Waals surface area contributed by atoms with E-state index >= 15 is 0 Å². The predicted molar refractivity (Wildman–Crippen MR) is 185 cm³/mol. The molecular weight excluding hydrogens is 562 g/mol. The van der Waals surface area contributed by atoms with E-state index in [1.165, 1.54) is 5.56 Å². The lowest BCUT2D eigenvalue weighted by atomic mass is 9.84. The van der Waals surface area contributed by atoms with Gasteiger partial charge in [0.2, 0.25) is 5.69 Å². The number of hydrogen-bond acceptors (Lipinski definition) is 4. The van der Waals surface area contributed by atoms with Crippen molar-refractivity contribution in [2.75, 3.05) is 0 Å². The average Bonchev–Trinajstić information content (AvgIpc) is 3.13. The first kappa shape index (κ1) is 26.9. The number of hydrogen-bond donors (Lipinski definition) is 0. The molecule has 0 saturated carbocycles. The van der Waals surface area contributed by atoms with Crippen LogP contribution in [0.2, 0.25) is 0 Å². The Morgan fingerprint density at radius 2 is 1.15 bits per heavy atom. The van der Waals surface area contributed by atoms with Gasteiger partial charge in [-0.25, -0.2) is 4.85 Å². The van der Waals surface area contributed by atoms with Crippen molar-refractivity contribution in [1.29, 1.82) is 5.26 Å². The Hall–Kier alpha value is -6.69. The fraction of sp³-hybridized carbons (Fsp3) is 0. The summed E-state index contributed by atoms with van der Waals surface area (Å²) in [4.78, 5) is 16.9. The summed E-state index contributed by atoms with van der Waals surface area (Å²) in [7, 11) is 0. The van der Waals surface area contributed by atoms with Crippen LogP contribution in [0.3, 0.4) is 0 Å². The van der Waals surface area contributed by atoms with E-state index in [0.717, 1.165) is 71.4 Å². The zero-order valence-corrected chi connectivity index (χ0v) is 24.5. The molecule has 0 amide bonds. The zero-order chi connectivity index (χ0) is 31.0. The number of fused-ring (bicyclic) bond motifs is 3. The van der Waals surface area contributed by atoms with Gasteiger partial charge >= 0.3 is 0 Å². The van der Waals surface area contributed by atoms with Crippen molar-refractivity contribution < 1.29 is 0 Å². The van der Waals surface area contributed by atoms with E-state index in [-0.39, 0.29) is 0 Å². The van der Waals surface area contributed by atoms with Gasteiger partial charge in [0.25, 0.3) is 0 Å². The second-order valence-electron chi connectivity index (χ2n) is 11.1. The van der Waals surface area contributed by atoms with E-state index in [9.17, 15) is 5.26 Å². The quantitative estimate of drug-likeness (QED) is 0.152. The van der Waals surface area contributed by atoms with Crippen molar-refractivity contribution in [2.24, 2.45) is 0 Å². The van der Waals surface area contributed by atoms with Crippen LogP contribution in [0, 0.1) is 17.9 Å². The standard InChI is InChI=1S/C41H23N5/c1-43-31-20-29(23-45-25-31)27-12-14-28(15-13-27)39-33-7-2-4-9-35(33)40(36-10-5-3-8-34(36)39)37-17-16-32(41-38(37)11-6-18-46-41)30-19-26(21-42)22-44-24-30/h2-20,22-25H. The summed E-state index contributed by atoms with van der Waals surface area (Å²) in [6, 6.07) is 40.0. The summed E-state index contributed by atoms with van der Waals surface area (Å²) in [6.45, 7) is 7.36. The molecule has 0 radical (unpaired) electrons. The minimum atomic E-state index is 0.514. The Balaban J connectivity index is 1.37. The highest BCUT2D eigenvalue weighted by Gasteiger charge is 2.19. The van der Waals surface area contributed by atoms with Crippen molar-refractivity contribution in [3.05, 3.63) is 157 Å². The van der Waals surface area contributed by atoms with Crippen LogP contribution < -0.4 is 0 Å². The van der Waals surface area contributed by atoms with Gasteiger partial charge in [0, 0.05) is 47.5 Å². The zero-order valence-electron chi connectivity index (χ0n) is 24.5. The molecule has 3 heterocycles. The minimum Gasteiger partial charge on any atom is -0.276 e. The first-order chi connectivity index (χ1) is 22.7. The van der Waals surface area contributed by atoms with Crippen LogP contribution >= 0.6 is 0 Å². The SMILES string of the molecule is [C-]#[N+]c1cncc(-c2ccc(-c3c4ccccc4c(-c4ccc(-c5cncc(C#N)c5)c5ncccc45)c4ccccc34)cc2)c1. The summed E-state index contributed by atoms with van der Waals surface area (Å²) in [6.07, 6.45) is 8.55. The maximum Gasteiger partial charge on any atom is 0.205 e. The Labute approximate surface area is 265 Å². The summed E-state index contributed by atoms with van der Waals surface area (Å²) < 4.78 is 0. The third-order valence-electron chi connectivity index (χ3n) is 8.51. The van der Waals surface area contributed by atoms with E-state index in [4.69, 9.17) is 11.6 Å². The largest absolute Gasteiger partial charge is 0.276 e. The molecule has 5 aromatic carbocycles. The molecule has 0 fully saturated rings. The fourth-order valence-corrected chi connectivity index (χ4v) is 6.48. The van der Waals surface area contributed by atoms with Crippen LogP contribution in [0.1, 0.15) is 5.56 Å². The van der Waals surface area contributed by atoms with Crippen LogP contribution in [-0.4, -0.2) is 15.0 Å². The Kier molecular flexibility index (Phi) is 6.49. The smallest absolute Gasteiger partial charge is 0.205 e. The molecule has 212 valence electrons. The number of aromatic nitrogens is 3. The van der Waals surface area contributed by atoms with Crippen LogP contribution in [0.25, 0.3) is 81.8 Å². The molecule has 0 N–H and O–H groups in total. The fourth-order valence-electron chi connectivity index (χ4n) is 6.48. The molecule has 0 aliphatic carbocycles. The molecule has 5 nitrogen and oxygen atoms in total. The topological polar surface area (TPSA) is 66.8 Å². The van der Waals surface area contributed by atoms with E-state index < -0.39 is 0 Å². The Morgan fingerprint density at radius 1 is 0.543 bits per heavy atom. The number of nitrogens with zero attached hydrogens (tertiary/aromatic N) is 5. The molecule has 0 aliphatic rings. The average molecular weight is 586 g/mol. The second-order valence-corrected chi connectivity index (χ2v) is 11.1. The molecule has 0 atom stereocenters. The van der Waals surface area contributed by atoms with E-state index in [1.807, 2.05) is 24.4 Å². The number of benzene rings is 5. The number of nitriles is 1. The molecule has 0 aliphatic heterocycles. The molecular formula is C41H23N5. The molecule has 8 aromatic rings. The maximum atomic E-state index is 9.49. The highest BCUT2D eigenvalue weighted by Crippen LogP contribution is 2.46. The molecule has 8 rings (SSSR count). The lowest BCUT2D eigenvalue weighted by molar-refractivity contribution is 1.30. The monoisotopic (exact) mass is 585 g/mol. The van der Waals surface area contributed by atoms with Crippen molar-refractivity contribution in [3.8, 4) is 50.6 Å². The first-order valence-corrected chi connectivity index (χ1v) is 14.8. The molecule has 5 heteroatoms. The van der Waals surface area contributed by atoms with Crippen LogP contribution in [0.15, 0.2) is 140 Å². The maximum absolute atomic E-state index is 9.49. The van der Waals surface area contributed by atoms with Gasteiger partial charge in [0.05, 0.1) is 17.7 Å². The number of rotatable bonds is 4. The van der Waals surface area contributed by atoms with Gasteiger partial charge in [-0.2, -0.15) is 5.26 Å². The van der Waals surface area contributed by atoms with Crippen LogP contribution in [0.5, 0.6) is 0 Å². The molecule has 3 aromatic heterocycles. The molecule has 0 spiro atoms. The van der Waals surface area contributed by atoms with E-state index in [1.54, 1.807) is 24.8 Å². The van der Waals surface area contributed by atoms with Gasteiger partial charge in [0.1, 0.15) is 6.07 Å². The highest BCUT2D eigenvalue weighted by molar-refractivity contribution is 6.23. The molecule has 0 bridgehead atoms. The molecule has 46 heavy (non-hydrogen) atoms. The van der Waals surface area contributed by atoms with Gasteiger partial charge in [0.15, 0.2) is 0 Å². The second kappa shape index (κ2) is 11.1. The summed E-state index contributed by atoms with van der Waals surface area (Å²) in [5, 5.41) is 15.1. The summed E-state index contributed by atoms with van der Waals surface area (Å²) in [5.74, 6) is 0. The van der Waals surface area contributed by atoms with Gasteiger partial charge in [-0.1, -0.05) is 91.0 Å². The third kappa shape index (κ3) is 4.44. The Morgan fingerprint density at radius 3 is 1.85 bits per heavy atom. The van der Waals surface area contributed by atoms with Gasteiger partial charge < -0.3 is 0 Å². The van der Waals surface area contributed by atoms with Crippen molar-refractivity contribution in [2.45, 2.75) is 0 Å². The van der Waals surface area contributed by atoms with Crippen molar-refractivity contribution >= 4 is 38.1 Å². The summed E-state index contributed by atoms with van der Waals surface area (Å²) >= 11 is 0. The normalized spacial score (nSPS) is 11.0. The number of pyridine rings is 3. The van der Waals surface area contributed by atoms with Crippen molar-refractivity contribution in [1.82, 2.24) is 15.0 Å². The van der Waals surface area contributed by atoms with Crippen LogP contribution in [-0.2, 0) is 0 Å². The minimum absolute atomic E-state index is 0.514. The van der Waals surface area contributed by atoms with E-state index in [2.05, 4.69) is 112 Å². The highest BCUT2D eigenvalue weighted by atomic mass is 14.7. The molecule has 0 unspecified atom stereocenters. The summed E-state index contributed by atoms with van der Waals surface area (Å²) in [5.41, 5.74) is 10.2. The lowest BCUT2D eigenvalue weighted by Crippen LogP contribution is -1.93.